The number of morpholine rings is 1. The number of rotatable bonds is 4. The number of aliphatic hydroxyl groups is 1. The second kappa shape index (κ2) is 5.90. The summed E-state index contributed by atoms with van der Waals surface area (Å²) in [5.74, 6) is 0. The van der Waals surface area contributed by atoms with Crippen LogP contribution < -0.4 is 16.2 Å². The minimum atomic E-state index is -0.756. The second-order valence-corrected chi connectivity index (χ2v) is 5.65. The summed E-state index contributed by atoms with van der Waals surface area (Å²) in [5, 5.41) is 13.6. The lowest BCUT2D eigenvalue weighted by molar-refractivity contribution is -0.0277. The highest BCUT2D eigenvalue weighted by Gasteiger charge is 2.27. The lowest BCUT2D eigenvalue weighted by atomic mass is 10.1. The standard InChI is InChI=1S/C13H22N4O3/c1-13(2)9-16(3-4-20-13)10-5-12(19)17(15-7-10)8-11(18)6-14/h5,7,11,18H,3-4,6,8-9,14H2,1-2H3. The molecule has 1 saturated heterocycles. The van der Waals surface area contributed by atoms with E-state index in [-0.39, 0.29) is 24.2 Å². The van der Waals surface area contributed by atoms with Crippen molar-refractivity contribution in [3.05, 3.63) is 22.6 Å². The molecular formula is C13H22N4O3. The van der Waals surface area contributed by atoms with E-state index in [1.165, 1.54) is 10.7 Å². The van der Waals surface area contributed by atoms with Gasteiger partial charge in [-0.05, 0) is 13.8 Å². The van der Waals surface area contributed by atoms with Crippen LogP contribution in [0.2, 0.25) is 0 Å². The van der Waals surface area contributed by atoms with Gasteiger partial charge in [0.2, 0.25) is 0 Å². The van der Waals surface area contributed by atoms with Crippen LogP contribution in [-0.2, 0) is 11.3 Å². The van der Waals surface area contributed by atoms with E-state index in [9.17, 15) is 9.90 Å². The van der Waals surface area contributed by atoms with Crippen LogP contribution in [0, 0.1) is 0 Å². The van der Waals surface area contributed by atoms with Crippen LogP contribution in [-0.4, -0.2) is 52.8 Å². The average Bonchev–Trinajstić information content (AvgIpc) is 2.39. The summed E-state index contributed by atoms with van der Waals surface area (Å²) in [6, 6.07) is 1.54. The van der Waals surface area contributed by atoms with Crippen LogP contribution in [0.3, 0.4) is 0 Å². The largest absolute Gasteiger partial charge is 0.390 e. The molecule has 1 aliphatic rings. The van der Waals surface area contributed by atoms with Gasteiger partial charge >= 0.3 is 0 Å². The van der Waals surface area contributed by atoms with E-state index >= 15 is 0 Å². The maximum absolute atomic E-state index is 12.0. The van der Waals surface area contributed by atoms with Crippen molar-refractivity contribution in [2.75, 3.05) is 31.1 Å². The first kappa shape index (κ1) is 15.0. The number of anilines is 1. The molecule has 1 aliphatic heterocycles. The van der Waals surface area contributed by atoms with Crippen molar-refractivity contribution < 1.29 is 9.84 Å². The Labute approximate surface area is 117 Å². The first-order valence-electron chi connectivity index (χ1n) is 6.75. The van der Waals surface area contributed by atoms with Crippen molar-refractivity contribution >= 4 is 5.69 Å². The van der Waals surface area contributed by atoms with Crippen molar-refractivity contribution in [3.8, 4) is 0 Å². The maximum Gasteiger partial charge on any atom is 0.268 e. The number of ether oxygens (including phenoxy) is 1. The van der Waals surface area contributed by atoms with Crippen molar-refractivity contribution in [1.29, 1.82) is 0 Å². The summed E-state index contributed by atoms with van der Waals surface area (Å²) in [6.07, 6.45) is 0.889. The molecule has 20 heavy (non-hydrogen) atoms. The van der Waals surface area contributed by atoms with Crippen LogP contribution in [0.5, 0.6) is 0 Å². The highest BCUT2D eigenvalue weighted by Crippen LogP contribution is 2.21. The van der Waals surface area contributed by atoms with Gasteiger partial charge < -0.3 is 20.5 Å². The number of nitrogens with zero attached hydrogens (tertiary/aromatic N) is 3. The highest BCUT2D eigenvalue weighted by atomic mass is 16.5. The molecule has 0 aromatic carbocycles. The molecule has 7 heteroatoms. The lowest BCUT2D eigenvalue weighted by Gasteiger charge is -2.39. The molecule has 3 N–H and O–H groups in total. The summed E-state index contributed by atoms with van der Waals surface area (Å²) < 4.78 is 6.87. The number of hydrogen-bond donors (Lipinski definition) is 2. The molecule has 7 nitrogen and oxygen atoms in total. The maximum atomic E-state index is 12.0. The van der Waals surface area contributed by atoms with Crippen LogP contribution >= 0.6 is 0 Å². The first-order valence-corrected chi connectivity index (χ1v) is 6.75. The SMILES string of the molecule is CC1(C)CN(c2cnn(CC(O)CN)c(=O)c2)CCO1. The fourth-order valence-electron chi connectivity index (χ4n) is 2.25. The number of aromatic nitrogens is 2. The zero-order valence-corrected chi connectivity index (χ0v) is 12.0. The van der Waals surface area contributed by atoms with Crippen molar-refractivity contribution in [2.45, 2.75) is 32.1 Å². The predicted molar refractivity (Wildman–Crippen MR) is 75.8 cm³/mol. The highest BCUT2D eigenvalue weighted by molar-refractivity contribution is 5.43. The van der Waals surface area contributed by atoms with Crippen LogP contribution in [0.15, 0.2) is 17.1 Å². The number of hydrogen-bond acceptors (Lipinski definition) is 6. The first-order chi connectivity index (χ1) is 9.41. The van der Waals surface area contributed by atoms with Crippen molar-refractivity contribution in [3.63, 3.8) is 0 Å². The smallest absolute Gasteiger partial charge is 0.268 e. The fraction of sp³-hybridized carbons (Fsp3) is 0.692. The van der Waals surface area contributed by atoms with E-state index in [0.717, 1.165) is 12.2 Å². The van der Waals surface area contributed by atoms with Gasteiger partial charge in [0.15, 0.2) is 0 Å². The average molecular weight is 282 g/mol. The van der Waals surface area contributed by atoms with E-state index in [1.807, 2.05) is 13.8 Å². The molecule has 0 saturated carbocycles. The molecule has 1 fully saturated rings. The molecule has 0 aliphatic carbocycles. The minimum absolute atomic E-state index is 0.105. The fourth-order valence-corrected chi connectivity index (χ4v) is 2.25. The number of aliphatic hydroxyl groups excluding tert-OH is 1. The molecule has 1 aromatic rings. The molecule has 0 spiro atoms. The van der Waals surface area contributed by atoms with Crippen LogP contribution in [0.4, 0.5) is 5.69 Å². The number of nitrogens with two attached hydrogens (primary N) is 1. The van der Waals surface area contributed by atoms with Crippen LogP contribution in [0.25, 0.3) is 0 Å². The van der Waals surface area contributed by atoms with E-state index in [2.05, 4.69) is 10.00 Å². The Bertz CT molecular complexity index is 515. The Balaban J connectivity index is 2.14. The normalized spacial score (nSPS) is 19.9. The molecule has 2 rings (SSSR count). The third-order valence-corrected chi connectivity index (χ3v) is 3.30. The Morgan fingerprint density at radius 2 is 2.35 bits per heavy atom. The minimum Gasteiger partial charge on any atom is -0.390 e. The van der Waals surface area contributed by atoms with Crippen LogP contribution in [0.1, 0.15) is 13.8 Å². The quantitative estimate of drug-likeness (QED) is 0.749. The lowest BCUT2D eigenvalue weighted by Crippen LogP contribution is -2.48. The topological polar surface area (TPSA) is 93.6 Å². The zero-order chi connectivity index (χ0) is 14.8. The predicted octanol–water partition coefficient (Wildman–Crippen LogP) is -0.822. The Hall–Kier alpha value is -1.44. The third-order valence-electron chi connectivity index (χ3n) is 3.30. The van der Waals surface area contributed by atoms with Crippen molar-refractivity contribution in [1.82, 2.24) is 9.78 Å². The molecule has 1 unspecified atom stereocenters. The molecule has 1 aromatic heterocycles. The van der Waals surface area contributed by atoms with Gasteiger partial charge in [0.05, 0.1) is 36.7 Å². The summed E-state index contributed by atoms with van der Waals surface area (Å²) in [5.41, 5.74) is 5.64. The van der Waals surface area contributed by atoms with E-state index in [4.69, 9.17) is 10.5 Å². The zero-order valence-electron chi connectivity index (χ0n) is 12.0. The van der Waals surface area contributed by atoms with Crippen molar-refractivity contribution in [2.24, 2.45) is 5.73 Å². The van der Waals surface area contributed by atoms with Gasteiger partial charge in [0.1, 0.15) is 0 Å². The summed E-state index contributed by atoms with van der Waals surface area (Å²) >= 11 is 0. The third kappa shape index (κ3) is 3.56. The van der Waals surface area contributed by atoms with Gasteiger partial charge in [-0.3, -0.25) is 4.79 Å². The van der Waals surface area contributed by atoms with Gasteiger partial charge in [-0.15, -0.1) is 0 Å². The van der Waals surface area contributed by atoms with E-state index < -0.39 is 6.10 Å². The molecule has 2 heterocycles. The molecular weight excluding hydrogens is 260 g/mol. The Kier molecular flexibility index (Phi) is 4.42. The van der Waals surface area contributed by atoms with Gasteiger partial charge in [-0.25, -0.2) is 4.68 Å². The molecule has 0 amide bonds. The second-order valence-electron chi connectivity index (χ2n) is 5.65. The van der Waals surface area contributed by atoms with Gasteiger partial charge in [-0.1, -0.05) is 0 Å². The van der Waals surface area contributed by atoms with E-state index in [0.29, 0.717) is 13.2 Å². The van der Waals surface area contributed by atoms with Gasteiger partial charge in [0, 0.05) is 25.7 Å². The molecule has 1 atom stereocenters. The Morgan fingerprint density at radius 1 is 1.60 bits per heavy atom. The summed E-state index contributed by atoms with van der Waals surface area (Å²) in [6.45, 7) is 6.33. The van der Waals surface area contributed by atoms with Gasteiger partial charge in [0.25, 0.3) is 5.56 Å². The molecule has 0 bridgehead atoms. The molecule has 0 radical (unpaired) electrons. The Morgan fingerprint density at radius 3 is 2.95 bits per heavy atom. The monoisotopic (exact) mass is 282 g/mol. The summed E-state index contributed by atoms with van der Waals surface area (Å²) in [4.78, 5) is 14.1. The van der Waals surface area contributed by atoms with E-state index in [1.54, 1.807) is 6.20 Å². The summed E-state index contributed by atoms with van der Waals surface area (Å²) in [7, 11) is 0. The molecule has 112 valence electrons. The van der Waals surface area contributed by atoms with Gasteiger partial charge in [-0.2, -0.15) is 5.10 Å².